The highest BCUT2D eigenvalue weighted by molar-refractivity contribution is 7.99. The summed E-state index contributed by atoms with van der Waals surface area (Å²) >= 11 is 7.55. The average molecular weight is 255 g/mol. The lowest BCUT2D eigenvalue weighted by atomic mass is 10.2. The first kappa shape index (κ1) is 11.6. The highest BCUT2D eigenvalue weighted by atomic mass is 35.5. The van der Waals surface area contributed by atoms with Crippen molar-refractivity contribution in [3.63, 3.8) is 0 Å². The topological polar surface area (TPSA) is 30.2 Å². The molecule has 1 aromatic heterocycles. The van der Waals surface area contributed by atoms with E-state index >= 15 is 0 Å². The van der Waals surface area contributed by atoms with Gasteiger partial charge in [-0.2, -0.15) is 11.8 Å². The number of carbonyl (C=O) groups excluding carboxylic acids is 1. The van der Waals surface area contributed by atoms with Crippen LogP contribution >= 0.6 is 23.4 Å². The van der Waals surface area contributed by atoms with Crippen molar-refractivity contribution in [1.82, 2.24) is 0 Å². The van der Waals surface area contributed by atoms with Crippen molar-refractivity contribution in [2.24, 2.45) is 0 Å². The van der Waals surface area contributed by atoms with E-state index in [2.05, 4.69) is 0 Å². The molecule has 0 atom stereocenters. The van der Waals surface area contributed by atoms with Crippen molar-refractivity contribution in [1.29, 1.82) is 0 Å². The van der Waals surface area contributed by atoms with E-state index in [1.165, 1.54) is 0 Å². The second kappa shape index (κ2) is 4.93. The molecule has 0 saturated heterocycles. The van der Waals surface area contributed by atoms with Crippen molar-refractivity contribution in [2.75, 3.05) is 11.5 Å². The van der Waals surface area contributed by atoms with E-state index in [1.807, 2.05) is 19.1 Å². The third-order valence-corrected chi connectivity index (χ3v) is 3.38. The van der Waals surface area contributed by atoms with Crippen LogP contribution in [-0.2, 0) is 0 Å². The zero-order chi connectivity index (χ0) is 11.5. The van der Waals surface area contributed by atoms with Crippen molar-refractivity contribution < 1.29 is 9.21 Å². The zero-order valence-corrected chi connectivity index (χ0v) is 10.4. The summed E-state index contributed by atoms with van der Waals surface area (Å²) < 4.78 is 5.46. The van der Waals surface area contributed by atoms with E-state index in [0.717, 1.165) is 11.1 Å². The first-order valence-corrected chi connectivity index (χ1v) is 6.54. The Hall–Kier alpha value is -0.930. The Balaban J connectivity index is 2.32. The Bertz CT molecular complexity index is 519. The molecule has 0 aliphatic rings. The van der Waals surface area contributed by atoms with E-state index in [0.29, 0.717) is 22.1 Å². The number of carbonyl (C=O) groups is 1. The van der Waals surface area contributed by atoms with Crippen LogP contribution in [0.4, 0.5) is 0 Å². The Morgan fingerprint density at radius 3 is 3.00 bits per heavy atom. The van der Waals surface area contributed by atoms with Crippen LogP contribution in [0.2, 0.25) is 5.02 Å². The standard InChI is InChI=1S/C12H11ClO2S/c1-2-16-7-10(14)11-6-8-4-3-5-9(13)12(8)15-11/h3-6H,2,7H2,1H3. The second-order valence-corrected chi connectivity index (χ2v) is 5.01. The fourth-order valence-corrected chi connectivity index (χ4v) is 2.18. The van der Waals surface area contributed by atoms with Gasteiger partial charge in [0.05, 0.1) is 10.8 Å². The molecule has 16 heavy (non-hydrogen) atoms. The monoisotopic (exact) mass is 254 g/mol. The predicted molar refractivity (Wildman–Crippen MR) is 68.6 cm³/mol. The van der Waals surface area contributed by atoms with Gasteiger partial charge in [0.2, 0.25) is 5.78 Å². The molecule has 0 unspecified atom stereocenters. The van der Waals surface area contributed by atoms with Gasteiger partial charge in [0, 0.05) is 5.39 Å². The minimum absolute atomic E-state index is 0.0131. The van der Waals surface area contributed by atoms with E-state index < -0.39 is 0 Å². The van der Waals surface area contributed by atoms with Gasteiger partial charge in [0.15, 0.2) is 11.3 Å². The lowest BCUT2D eigenvalue weighted by molar-refractivity contribution is 0.0994. The van der Waals surface area contributed by atoms with E-state index in [9.17, 15) is 4.79 Å². The van der Waals surface area contributed by atoms with E-state index in [-0.39, 0.29) is 5.78 Å². The minimum atomic E-state index is 0.0131. The molecule has 84 valence electrons. The highest BCUT2D eigenvalue weighted by Crippen LogP contribution is 2.27. The maximum Gasteiger partial charge on any atom is 0.207 e. The van der Waals surface area contributed by atoms with Crippen LogP contribution in [0.5, 0.6) is 0 Å². The second-order valence-electron chi connectivity index (χ2n) is 3.33. The SMILES string of the molecule is CCSCC(=O)c1cc2cccc(Cl)c2o1. The van der Waals surface area contributed by atoms with Gasteiger partial charge in [0.25, 0.3) is 0 Å². The summed E-state index contributed by atoms with van der Waals surface area (Å²) in [7, 11) is 0. The molecule has 0 saturated carbocycles. The Morgan fingerprint density at radius 2 is 2.31 bits per heavy atom. The molecule has 2 rings (SSSR count). The summed E-state index contributed by atoms with van der Waals surface area (Å²) in [6.45, 7) is 2.02. The fourth-order valence-electron chi connectivity index (χ4n) is 1.43. The third-order valence-electron chi connectivity index (χ3n) is 2.21. The number of halogens is 1. The molecular weight excluding hydrogens is 244 g/mol. The molecule has 0 aliphatic carbocycles. The van der Waals surface area contributed by atoms with Gasteiger partial charge in [0.1, 0.15) is 0 Å². The lowest BCUT2D eigenvalue weighted by Gasteiger charge is -1.94. The maximum atomic E-state index is 11.7. The van der Waals surface area contributed by atoms with Gasteiger partial charge in [-0.05, 0) is 17.9 Å². The Morgan fingerprint density at radius 1 is 1.50 bits per heavy atom. The number of ketones is 1. The molecule has 0 radical (unpaired) electrons. The number of para-hydroxylation sites is 1. The molecule has 0 amide bonds. The number of thioether (sulfide) groups is 1. The van der Waals surface area contributed by atoms with Crippen LogP contribution in [0.1, 0.15) is 17.5 Å². The molecule has 4 heteroatoms. The lowest BCUT2D eigenvalue weighted by Crippen LogP contribution is -2.00. The number of hydrogen-bond donors (Lipinski definition) is 0. The summed E-state index contributed by atoms with van der Waals surface area (Å²) in [5, 5.41) is 1.41. The van der Waals surface area contributed by atoms with E-state index in [1.54, 1.807) is 23.9 Å². The Kier molecular flexibility index (Phi) is 3.56. The van der Waals surface area contributed by atoms with Crippen LogP contribution in [0, 0.1) is 0 Å². The van der Waals surface area contributed by atoms with Gasteiger partial charge < -0.3 is 4.42 Å². The molecular formula is C12H11ClO2S. The molecule has 0 fully saturated rings. The predicted octanol–water partition coefficient (Wildman–Crippen LogP) is 4.02. The number of benzene rings is 1. The molecule has 1 aromatic carbocycles. The molecule has 0 aliphatic heterocycles. The highest BCUT2D eigenvalue weighted by Gasteiger charge is 2.13. The number of hydrogen-bond acceptors (Lipinski definition) is 3. The summed E-state index contributed by atoms with van der Waals surface area (Å²) in [5.74, 6) is 1.78. The maximum absolute atomic E-state index is 11.7. The van der Waals surface area contributed by atoms with Gasteiger partial charge >= 0.3 is 0 Å². The largest absolute Gasteiger partial charge is 0.451 e. The smallest absolute Gasteiger partial charge is 0.207 e. The summed E-state index contributed by atoms with van der Waals surface area (Å²) in [6.07, 6.45) is 0. The quantitative estimate of drug-likeness (QED) is 0.772. The van der Waals surface area contributed by atoms with Crippen molar-refractivity contribution in [2.45, 2.75) is 6.92 Å². The first-order chi connectivity index (χ1) is 7.72. The van der Waals surface area contributed by atoms with Crippen LogP contribution in [-0.4, -0.2) is 17.3 Å². The molecule has 0 spiro atoms. The van der Waals surface area contributed by atoms with Crippen molar-refractivity contribution in [3.8, 4) is 0 Å². The fraction of sp³-hybridized carbons (Fsp3) is 0.250. The van der Waals surface area contributed by atoms with Gasteiger partial charge in [-0.25, -0.2) is 0 Å². The number of furan rings is 1. The zero-order valence-electron chi connectivity index (χ0n) is 8.83. The van der Waals surface area contributed by atoms with Crippen LogP contribution in [0.3, 0.4) is 0 Å². The molecule has 2 nitrogen and oxygen atoms in total. The Labute approximate surface area is 103 Å². The van der Waals surface area contributed by atoms with Crippen LogP contribution < -0.4 is 0 Å². The van der Waals surface area contributed by atoms with Gasteiger partial charge in [-0.3, -0.25) is 4.79 Å². The summed E-state index contributed by atoms with van der Waals surface area (Å²) in [5.41, 5.74) is 0.592. The first-order valence-electron chi connectivity index (χ1n) is 5.01. The molecule has 1 heterocycles. The number of Topliss-reactive ketones (excluding diaryl/α,β-unsaturated/α-hetero) is 1. The minimum Gasteiger partial charge on any atom is -0.451 e. The van der Waals surface area contributed by atoms with Crippen molar-refractivity contribution in [3.05, 3.63) is 35.0 Å². The summed E-state index contributed by atoms with van der Waals surface area (Å²) in [6, 6.07) is 7.23. The normalized spacial score (nSPS) is 10.9. The number of rotatable bonds is 4. The van der Waals surface area contributed by atoms with Crippen LogP contribution in [0.15, 0.2) is 28.7 Å². The average Bonchev–Trinajstić information content (AvgIpc) is 2.71. The molecule has 0 bridgehead atoms. The van der Waals surface area contributed by atoms with E-state index in [4.69, 9.17) is 16.0 Å². The number of fused-ring (bicyclic) bond motifs is 1. The van der Waals surface area contributed by atoms with Gasteiger partial charge in [-0.15, -0.1) is 0 Å². The molecule has 0 N–H and O–H groups in total. The van der Waals surface area contributed by atoms with Gasteiger partial charge in [-0.1, -0.05) is 30.7 Å². The third kappa shape index (κ3) is 2.25. The molecule has 2 aromatic rings. The summed E-state index contributed by atoms with van der Waals surface area (Å²) in [4.78, 5) is 11.7. The van der Waals surface area contributed by atoms with Crippen molar-refractivity contribution >= 4 is 40.1 Å². The van der Waals surface area contributed by atoms with Crippen LogP contribution in [0.25, 0.3) is 11.0 Å².